The molecular weight excluding hydrogens is 372 g/mol. The maximum atomic E-state index is 12.6. The normalized spacial score (nSPS) is 14.6. The Labute approximate surface area is 168 Å². The average Bonchev–Trinajstić information content (AvgIpc) is 3.54. The second kappa shape index (κ2) is 8.63. The zero-order valence-electron chi connectivity index (χ0n) is 15.4. The number of aliphatic hydroxyl groups excluding tert-OH is 1. The van der Waals surface area contributed by atoms with Crippen LogP contribution >= 0.6 is 11.8 Å². The second-order valence-electron chi connectivity index (χ2n) is 6.86. The van der Waals surface area contributed by atoms with Crippen LogP contribution in [0.4, 0.5) is 0 Å². The molecule has 2 aromatic carbocycles. The lowest BCUT2D eigenvalue weighted by Gasteiger charge is -2.13. The first kappa shape index (κ1) is 18.8. The number of hydrogen-bond acceptors (Lipinski definition) is 5. The van der Waals surface area contributed by atoms with Crippen molar-refractivity contribution in [1.82, 2.24) is 10.3 Å². The number of nitrogens with zero attached hydrogens (tertiary/aromatic N) is 1. The number of carbonyl (C=O) groups is 1. The van der Waals surface area contributed by atoms with E-state index in [4.69, 9.17) is 4.74 Å². The highest BCUT2D eigenvalue weighted by Gasteiger charge is 2.25. The van der Waals surface area contributed by atoms with E-state index in [9.17, 15) is 9.90 Å². The van der Waals surface area contributed by atoms with Crippen LogP contribution in [0.15, 0.2) is 65.7 Å². The molecule has 0 bridgehead atoms. The fraction of sp³-hybridized carbons (Fsp3) is 0.273. The zero-order valence-corrected chi connectivity index (χ0v) is 16.2. The van der Waals surface area contributed by atoms with Crippen LogP contribution in [-0.4, -0.2) is 40.5 Å². The lowest BCUT2D eigenvalue weighted by atomic mass is 10.1. The molecule has 0 aliphatic heterocycles. The third-order valence-corrected chi connectivity index (χ3v) is 5.52. The summed E-state index contributed by atoms with van der Waals surface area (Å²) in [6.45, 7) is 0.208. The van der Waals surface area contributed by atoms with Crippen LogP contribution in [-0.2, 0) is 0 Å². The molecular formula is C22H22N2O3S. The molecule has 0 radical (unpaired) electrons. The Kier molecular flexibility index (Phi) is 5.78. The van der Waals surface area contributed by atoms with Gasteiger partial charge in [0.05, 0.1) is 22.2 Å². The first-order valence-electron chi connectivity index (χ1n) is 9.38. The van der Waals surface area contributed by atoms with Crippen molar-refractivity contribution in [2.24, 2.45) is 0 Å². The maximum absolute atomic E-state index is 12.6. The largest absolute Gasteiger partial charge is 0.491 e. The Balaban J connectivity index is 1.43. The van der Waals surface area contributed by atoms with Gasteiger partial charge in [-0.15, -0.1) is 11.8 Å². The van der Waals surface area contributed by atoms with Gasteiger partial charge in [0.1, 0.15) is 12.4 Å². The number of para-hydroxylation sites is 2. The molecule has 1 fully saturated rings. The summed E-state index contributed by atoms with van der Waals surface area (Å²) in [5.41, 5.74) is 1.42. The molecule has 28 heavy (non-hydrogen) atoms. The minimum Gasteiger partial charge on any atom is -0.491 e. The summed E-state index contributed by atoms with van der Waals surface area (Å²) in [6, 6.07) is 19.2. The van der Waals surface area contributed by atoms with Crippen molar-refractivity contribution in [3.05, 3.63) is 66.2 Å². The van der Waals surface area contributed by atoms with E-state index in [1.165, 1.54) is 11.8 Å². The van der Waals surface area contributed by atoms with Gasteiger partial charge in [-0.05, 0) is 37.1 Å². The zero-order chi connectivity index (χ0) is 19.3. The molecule has 5 nitrogen and oxygen atoms in total. The van der Waals surface area contributed by atoms with E-state index in [1.807, 2.05) is 60.7 Å². The van der Waals surface area contributed by atoms with Crippen molar-refractivity contribution in [1.29, 1.82) is 0 Å². The van der Waals surface area contributed by atoms with Gasteiger partial charge in [-0.1, -0.05) is 36.4 Å². The Morgan fingerprint density at radius 1 is 1.18 bits per heavy atom. The van der Waals surface area contributed by atoms with Crippen LogP contribution in [0.2, 0.25) is 0 Å². The standard InChI is InChI=1S/C22H22N2O3S/c25-16(13-27-17-6-2-1-3-7-17)14-28-21-12-19(22(26)23-15-10-11-15)18-8-4-5-9-20(18)24-21/h1-9,12,15-16,25H,10-11,13-14H2,(H,23,26). The number of thioether (sulfide) groups is 1. The van der Waals surface area contributed by atoms with Gasteiger partial charge in [0.2, 0.25) is 0 Å². The number of amides is 1. The van der Waals surface area contributed by atoms with Gasteiger partial charge < -0.3 is 15.2 Å². The third-order valence-electron chi connectivity index (χ3n) is 4.46. The van der Waals surface area contributed by atoms with E-state index in [0.29, 0.717) is 17.4 Å². The molecule has 1 aromatic heterocycles. The molecule has 1 aliphatic rings. The molecule has 2 N–H and O–H groups in total. The van der Waals surface area contributed by atoms with Crippen molar-refractivity contribution in [3.8, 4) is 5.75 Å². The van der Waals surface area contributed by atoms with Crippen molar-refractivity contribution < 1.29 is 14.6 Å². The second-order valence-corrected chi connectivity index (χ2v) is 7.90. The maximum Gasteiger partial charge on any atom is 0.252 e. The lowest BCUT2D eigenvalue weighted by molar-refractivity contribution is 0.0952. The molecule has 1 heterocycles. The Bertz CT molecular complexity index is 960. The molecule has 1 atom stereocenters. The first-order chi connectivity index (χ1) is 13.7. The highest BCUT2D eigenvalue weighted by Crippen LogP contribution is 2.26. The Morgan fingerprint density at radius 3 is 2.71 bits per heavy atom. The summed E-state index contributed by atoms with van der Waals surface area (Å²) in [6.07, 6.45) is 1.45. The third kappa shape index (κ3) is 4.82. The minimum absolute atomic E-state index is 0.0593. The molecule has 1 saturated carbocycles. The molecule has 1 aliphatic carbocycles. The Morgan fingerprint density at radius 2 is 1.93 bits per heavy atom. The van der Waals surface area contributed by atoms with E-state index in [1.54, 1.807) is 0 Å². The van der Waals surface area contributed by atoms with E-state index in [2.05, 4.69) is 10.3 Å². The van der Waals surface area contributed by atoms with E-state index in [-0.39, 0.29) is 12.5 Å². The number of fused-ring (bicyclic) bond motifs is 1. The number of aliphatic hydroxyl groups is 1. The van der Waals surface area contributed by atoms with Crippen molar-refractivity contribution in [2.75, 3.05) is 12.4 Å². The topological polar surface area (TPSA) is 71.5 Å². The van der Waals surface area contributed by atoms with Crippen LogP contribution in [0.25, 0.3) is 10.9 Å². The van der Waals surface area contributed by atoms with Crippen LogP contribution in [0.5, 0.6) is 5.75 Å². The lowest BCUT2D eigenvalue weighted by Crippen LogP contribution is -2.25. The fourth-order valence-electron chi connectivity index (χ4n) is 2.84. The van der Waals surface area contributed by atoms with Crippen LogP contribution in [0, 0.1) is 0 Å². The molecule has 0 saturated heterocycles. The fourth-order valence-corrected chi connectivity index (χ4v) is 3.67. The molecule has 1 unspecified atom stereocenters. The summed E-state index contributed by atoms with van der Waals surface area (Å²) in [5, 5.41) is 14.9. The monoisotopic (exact) mass is 394 g/mol. The van der Waals surface area contributed by atoms with Gasteiger partial charge in [0.15, 0.2) is 0 Å². The van der Waals surface area contributed by atoms with Gasteiger partial charge in [-0.2, -0.15) is 0 Å². The van der Waals surface area contributed by atoms with Crippen LogP contribution in [0.1, 0.15) is 23.2 Å². The number of hydrogen-bond donors (Lipinski definition) is 2. The van der Waals surface area contributed by atoms with Crippen molar-refractivity contribution in [3.63, 3.8) is 0 Å². The van der Waals surface area contributed by atoms with E-state index < -0.39 is 6.10 Å². The van der Waals surface area contributed by atoms with E-state index in [0.717, 1.165) is 34.5 Å². The van der Waals surface area contributed by atoms with E-state index >= 15 is 0 Å². The first-order valence-corrected chi connectivity index (χ1v) is 10.4. The average molecular weight is 394 g/mol. The highest BCUT2D eigenvalue weighted by atomic mass is 32.2. The Hall–Kier alpha value is -2.57. The molecule has 4 rings (SSSR count). The van der Waals surface area contributed by atoms with Gasteiger partial charge in [0, 0.05) is 17.2 Å². The summed E-state index contributed by atoms with van der Waals surface area (Å²) < 4.78 is 5.59. The van der Waals surface area contributed by atoms with Crippen molar-refractivity contribution in [2.45, 2.75) is 30.0 Å². The number of benzene rings is 2. The number of pyridine rings is 1. The molecule has 6 heteroatoms. The molecule has 0 spiro atoms. The minimum atomic E-state index is -0.637. The molecule has 1 amide bonds. The number of ether oxygens (including phenoxy) is 1. The van der Waals surface area contributed by atoms with Gasteiger partial charge in [0.25, 0.3) is 5.91 Å². The number of carbonyl (C=O) groups excluding carboxylic acids is 1. The van der Waals surface area contributed by atoms with Gasteiger partial charge in [-0.25, -0.2) is 4.98 Å². The van der Waals surface area contributed by atoms with Crippen LogP contribution in [0.3, 0.4) is 0 Å². The predicted molar refractivity (Wildman–Crippen MR) is 111 cm³/mol. The quantitative estimate of drug-likeness (QED) is 0.571. The van der Waals surface area contributed by atoms with Crippen molar-refractivity contribution >= 4 is 28.6 Å². The summed E-state index contributed by atoms with van der Waals surface area (Å²) in [4.78, 5) is 17.3. The van der Waals surface area contributed by atoms with Gasteiger partial charge in [-0.3, -0.25) is 4.79 Å². The van der Waals surface area contributed by atoms with Gasteiger partial charge >= 0.3 is 0 Å². The number of aromatic nitrogens is 1. The molecule has 144 valence electrons. The number of rotatable bonds is 8. The summed E-state index contributed by atoms with van der Waals surface area (Å²) >= 11 is 1.42. The highest BCUT2D eigenvalue weighted by molar-refractivity contribution is 7.99. The summed E-state index contributed by atoms with van der Waals surface area (Å²) in [7, 11) is 0. The smallest absolute Gasteiger partial charge is 0.252 e. The summed E-state index contributed by atoms with van der Waals surface area (Å²) in [5.74, 6) is 1.10. The SMILES string of the molecule is O=C(NC1CC1)c1cc(SCC(O)COc2ccccc2)nc2ccccc12. The van der Waals surface area contributed by atoms with Crippen LogP contribution < -0.4 is 10.1 Å². The predicted octanol–water partition coefficient (Wildman–Crippen LogP) is 3.66. The molecule has 3 aromatic rings. The number of nitrogens with one attached hydrogen (secondary N) is 1.